The zero-order valence-corrected chi connectivity index (χ0v) is 9.76. The molecule has 1 aromatic heterocycles. The third-order valence-electron chi connectivity index (χ3n) is 2.06. The summed E-state index contributed by atoms with van der Waals surface area (Å²) in [5.41, 5.74) is 0.554. The molecule has 2 aromatic rings. The van der Waals surface area contributed by atoms with E-state index in [0.29, 0.717) is 5.69 Å². The first-order chi connectivity index (χ1) is 8.04. The Balaban J connectivity index is 2.71. The van der Waals surface area contributed by atoms with Crippen LogP contribution in [0.2, 0.25) is 0 Å². The first kappa shape index (κ1) is 11.6. The summed E-state index contributed by atoms with van der Waals surface area (Å²) in [6.45, 7) is 0. The highest BCUT2D eigenvalue weighted by molar-refractivity contribution is 7.89. The number of hydrogen-bond donors (Lipinski definition) is 1. The first-order valence-corrected chi connectivity index (χ1v) is 6.16. The van der Waals surface area contributed by atoms with Crippen molar-refractivity contribution < 1.29 is 13.2 Å². The van der Waals surface area contributed by atoms with E-state index in [9.17, 15) is 8.42 Å². The van der Waals surface area contributed by atoms with E-state index in [1.54, 1.807) is 30.3 Å². The summed E-state index contributed by atoms with van der Waals surface area (Å²) in [6.07, 6.45) is 0. The van der Waals surface area contributed by atoms with Gasteiger partial charge in [0.2, 0.25) is 0 Å². The van der Waals surface area contributed by atoms with E-state index >= 15 is 0 Å². The van der Waals surface area contributed by atoms with Gasteiger partial charge < -0.3 is 4.74 Å². The molecule has 0 atom stereocenters. The topological polar surface area (TPSA) is 100 Å². The Hall–Kier alpha value is -1.93. The number of ether oxygens (including phenoxy) is 1. The monoisotopic (exact) mass is 254 g/mol. The number of methoxy groups -OCH3 is 1. The van der Waals surface area contributed by atoms with Crippen LogP contribution in [0.1, 0.15) is 0 Å². The smallest absolute Gasteiger partial charge is 0.322 e. The van der Waals surface area contributed by atoms with E-state index in [4.69, 9.17) is 9.88 Å². The molecular formula is C9H10N4O3S. The fourth-order valence-corrected chi connectivity index (χ4v) is 1.96. The van der Waals surface area contributed by atoms with Gasteiger partial charge in [-0.05, 0) is 12.1 Å². The van der Waals surface area contributed by atoms with Crippen LogP contribution < -0.4 is 9.88 Å². The van der Waals surface area contributed by atoms with Crippen molar-refractivity contribution in [3.8, 4) is 11.7 Å². The Morgan fingerprint density at radius 2 is 1.88 bits per heavy atom. The molecule has 0 radical (unpaired) electrons. The number of hydrogen-bond acceptors (Lipinski definition) is 5. The maximum Gasteiger partial charge on any atom is 0.322 e. The van der Waals surface area contributed by atoms with E-state index in [1.165, 1.54) is 11.7 Å². The minimum absolute atomic E-state index is 0.0558. The Bertz CT molecular complexity index is 621. The summed E-state index contributed by atoms with van der Waals surface area (Å²) in [5, 5.41) is 11.8. The van der Waals surface area contributed by atoms with Gasteiger partial charge in [0.25, 0.3) is 15.2 Å². The number of benzene rings is 1. The average molecular weight is 254 g/mol. The molecular weight excluding hydrogens is 244 g/mol. The van der Waals surface area contributed by atoms with Gasteiger partial charge in [0.15, 0.2) is 0 Å². The largest absolute Gasteiger partial charge is 0.467 e. The molecule has 1 aromatic carbocycles. The van der Waals surface area contributed by atoms with Crippen molar-refractivity contribution in [1.29, 1.82) is 0 Å². The molecule has 2 rings (SSSR count). The number of sulfonamides is 1. The van der Waals surface area contributed by atoms with E-state index in [0.717, 1.165) is 0 Å². The highest BCUT2D eigenvalue weighted by Crippen LogP contribution is 2.20. The normalized spacial score (nSPS) is 11.4. The van der Waals surface area contributed by atoms with Crippen LogP contribution in [0, 0.1) is 0 Å². The summed E-state index contributed by atoms with van der Waals surface area (Å²) >= 11 is 0. The summed E-state index contributed by atoms with van der Waals surface area (Å²) in [7, 11) is -2.59. The van der Waals surface area contributed by atoms with Gasteiger partial charge in [-0.2, -0.15) is 0 Å². The van der Waals surface area contributed by atoms with Gasteiger partial charge in [0, 0.05) is 0 Å². The minimum atomic E-state index is -3.96. The molecule has 2 N–H and O–H groups in total. The highest BCUT2D eigenvalue weighted by atomic mass is 32.2. The standard InChI is InChI=1S/C9H10N4O3S/c1-16-8-11-12-9(17(10,14)15)13(8)7-5-3-2-4-6-7/h2-6H,1H3,(H2,10,14,15). The zero-order chi connectivity index (χ0) is 12.5. The Labute approximate surface area is 97.9 Å². The maximum atomic E-state index is 11.4. The predicted molar refractivity (Wildman–Crippen MR) is 59.3 cm³/mol. The van der Waals surface area contributed by atoms with Gasteiger partial charge in [0.1, 0.15) is 0 Å². The highest BCUT2D eigenvalue weighted by Gasteiger charge is 2.22. The van der Waals surface area contributed by atoms with Crippen LogP contribution in [0.4, 0.5) is 0 Å². The van der Waals surface area contributed by atoms with Gasteiger partial charge >= 0.3 is 6.01 Å². The summed E-state index contributed by atoms with van der Waals surface area (Å²) < 4.78 is 28.9. The molecule has 1 heterocycles. The number of nitrogens with zero attached hydrogens (tertiary/aromatic N) is 3. The molecule has 0 saturated carbocycles. The van der Waals surface area contributed by atoms with Crippen LogP contribution in [0.25, 0.3) is 5.69 Å². The van der Waals surface area contributed by atoms with Gasteiger partial charge in [-0.3, -0.25) is 0 Å². The average Bonchev–Trinajstić information content (AvgIpc) is 2.73. The molecule has 0 fully saturated rings. The van der Waals surface area contributed by atoms with Gasteiger partial charge in [-0.25, -0.2) is 18.1 Å². The summed E-state index contributed by atoms with van der Waals surface area (Å²) in [6, 6.07) is 8.75. The molecule has 0 saturated heterocycles. The van der Waals surface area contributed by atoms with Crippen LogP contribution in [0.3, 0.4) is 0 Å². The molecule has 7 nitrogen and oxygen atoms in total. The molecule has 17 heavy (non-hydrogen) atoms. The third kappa shape index (κ3) is 2.12. The van der Waals surface area contributed by atoms with E-state index in [1.807, 2.05) is 0 Å². The van der Waals surface area contributed by atoms with E-state index in [2.05, 4.69) is 10.2 Å². The number of primary sulfonamides is 1. The van der Waals surface area contributed by atoms with Crippen molar-refractivity contribution in [2.75, 3.05) is 7.11 Å². The second-order valence-electron chi connectivity index (χ2n) is 3.19. The number of para-hydroxylation sites is 1. The van der Waals surface area contributed by atoms with E-state index < -0.39 is 10.0 Å². The quantitative estimate of drug-likeness (QED) is 0.825. The molecule has 8 heteroatoms. The zero-order valence-electron chi connectivity index (χ0n) is 8.94. The summed E-state index contributed by atoms with van der Waals surface area (Å²) in [5.74, 6) is 0. The van der Waals surface area contributed by atoms with Gasteiger partial charge in [0.05, 0.1) is 12.8 Å². The lowest BCUT2D eigenvalue weighted by Crippen LogP contribution is -2.18. The third-order valence-corrected chi connectivity index (χ3v) is 2.83. The van der Waals surface area contributed by atoms with E-state index in [-0.39, 0.29) is 11.2 Å². The Morgan fingerprint density at radius 1 is 1.24 bits per heavy atom. The Kier molecular flexibility index (Phi) is 2.82. The molecule has 0 amide bonds. The van der Waals surface area contributed by atoms with Crippen molar-refractivity contribution in [2.24, 2.45) is 5.14 Å². The van der Waals surface area contributed by atoms with Crippen LogP contribution >= 0.6 is 0 Å². The molecule has 0 aliphatic carbocycles. The maximum absolute atomic E-state index is 11.4. The number of nitrogens with two attached hydrogens (primary N) is 1. The lowest BCUT2D eigenvalue weighted by atomic mass is 10.3. The van der Waals surface area contributed by atoms with Gasteiger partial charge in [-0.15, -0.1) is 5.10 Å². The van der Waals surface area contributed by atoms with Crippen molar-refractivity contribution in [1.82, 2.24) is 14.8 Å². The van der Waals surface area contributed by atoms with Crippen molar-refractivity contribution in [2.45, 2.75) is 5.16 Å². The fraction of sp³-hybridized carbons (Fsp3) is 0.111. The molecule has 0 unspecified atom stereocenters. The van der Waals surface area contributed by atoms with Crippen LogP contribution in [-0.2, 0) is 10.0 Å². The number of rotatable bonds is 3. The van der Waals surface area contributed by atoms with Crippen LogP contribution in [0.15, 0.2) is 35.5 Å². The van der Waals surface area contributed by atoms with Gasteiger partial charge in [-0.1, -0.05) is 23.3 Å². The second kappa shape index (κ2) is 4.15. The molecule has 0 aliphatic rings. The predicted octanol–water partition coefficient (Wildman–Crippen LogP) is -0.0767. The van der Waals surface area contributed by atoms with Crippen LogP contribution in [0.5, 0.6) is 6.01 Å². The fourth-order valence-electron chi connectivity index (χ4n) is 1.37. The lowest BCUT2D eigenvalue weighted by molar-refractivity contribution is 0.369. The lowest BCUT2D eigenvalue weighted by Gasteiger charge is -2.07. The van der Waals surface area contributed by atoms with Crippen molar-refractivity contribution in [3.05, 3.63) is 30.3 Å². The SMILES string of the molecule is COc1nnc(S(N)(=O)=O)n1-c1ccccc1. The second-order valence-corrected chi connectivity index (χ2v) is 4.64. The van der Waals surface area contributed by atoms with Crippen molar-refractivity contribution >= 4 is 10.0 Å². The van der Waals surface area contributed by atoms with Crippen LogP contribution in [-0.4, -0.2) is 30.3 Å². The molecule has 90 valence electrons. The molecule has 0 bridgehead atoms. The minimum Gasteiger partial charge on any atom is -0.467 e. The first-order valence-electron chi connectivity index (χ1n) is 4.61. The molecule has 0 aliphatic heterocycles. The number of aromatic nitrogens is 3. The summed E-state index contributed by atoms with van der Waals surface area (Å²) in [4.78, 5) is 0. The Morgan fingerprint density at radius 3 is 2.41 bits per heavy atom. The molecule has 0 spiro atoms. The van der Waals surface area contributed by atoms with Crippen molar-refractivity contribution in [3.63, 3.8) is 0 Å².